The SMILES string of the molecule is Cn1ccc(-c2nc(NC(O)NCC3CCCC3)c(C#N)nc2-c2cc(Cl)c3ncccc3c2)n1. The maximum atomic E-state index is 10.5. The van der Waals surface area contributed by atoms with E-state index in [9.17, 15) is 10.4 Å². The van der Waals surface area contributed by atoms with Crippen LogP contribution in [0, 0.1) is 17.2 Å². The Morgan fingerprint density at radius 2 is 2.06 bits per heavy atom. The number of aromatic nitrogens is 5. The fraction of sp³-hybridized carbons (Fsp3) is 0.320. The molecule has 178 valence electrons. The van der Waals surface area contributed by atoms with Crippen molar-refractivity contribution in [1.82, 2.24) is 30.0 Å². The zero-order valence-electron chi connectivity index (χ0n) is 19.2. The van der Waals surface area contributed by atoms with E-state index in [1.807, 2.05) is 31.3 Å². The molecule has 0 saturated heterocycles. The number of rotatable bonds is 7. The van der Waals surface area contributed by atoms with Gasteiger partial charge in [0.25, 0.3) is 0 Å². The molecule has 1 aliphatic carbocycles. The quantitative estimate of drug-likeness (QED) is 0.332. The van der Waals surface area contributed by atoms with Gasteiger partial charge in [0.15, 0.2) is 17.9 Å². The first kappa shape index (κ1) is 23.2. The first-order valence-corrected chi connectivity index (χ1v) is 11.9. The molecule has 0 radical (unpaired) electrons. The number of fused-ring (bicyclic) bond motifs is 1. The standard InChI is InChI=1S/C25H25ClN8O/c1-34-10-8-19(33-34)23-22(17-11-16-7-4-9-28-21(16)18(26)12-17)30-20(13-27)24(31-23)32-25(35)29-14-15-5-2-3-6-15/h4,7-12,15,25,29,35H,2-3,5-6,14H2,1H3,(H,31,32). The van der Waals surface area contributed by atoms with Crippen LogP contribution >= 0.6 is 11.6 Å². The number of hydrogen-bond acceptors (Lipinski definition) is 8. The fourth-order valence-electron chi connectivity index (χ4n) is 4.49. The summed E-state index contributed by atoms with van der Waals surface area (Å²) in [6, 6.07) is 11.3. The summed E-state index contributed by atoms with van der Waals surface area (Å²) in [5.74, 6) is 0.725. The minimum atomic E-state index is -1.07. The van der Waals surface area contributed by atoms with Gasteiger partial charge in [-0.3, -0.25) is 15.0 Å². The molecule has 0 spiro atoms. The van der Waals surface area contributed by atoms with Gasteiger partial charge in [0, 0.05) is 36.9 Å². The van der Waals surface area contributed by atoms with E-state index >= 15 is 0 Å². The van der Waals surface area contributed by atoms with Crippen LogP contribution in [0.1, 0.15) is 31.4 Å². The first-order valence-electron chi connectivity index (χ1n) is 11.6. The van der Waals surface area contributed by atoms with Crippen LogP contribution in [0.3, 0.4) is 0 Å². The molecule has 3 N–H and O–H groups in total. The number of halogens is 1. The van der Waals surface area contributed by atoms with Crippen LogP contribution in [-0.2, 0) is 7.05 Å². The molecule has 4 aromatic rings. The average Bonchev–Trinajstić information content (AvgIpc) is 3.54. The molecule has 3 aromatic heterocycles. The highest BCUT2D eigenvalue weighted by Crippen LogP contribution is 2.34. The van der Waals surface area contributed by atoms with Gasteiger partial charge in [0.05, 0.1) is 10.5 Å². The Balaban J connectivity index is 1.55. The molecular formula is C25H25ClN8O. The predicted molar refractivity (Wildman–Crippen MR) is 134 cm³/mol. The van der Waals surface area contributed by atoms with E-state index in [1.54, 1.807) is 23.1 Å². The van der Waals surface area contributed by atoms with E-state index in [0.29, 0.717) is 45.6 Å². The Morgan fingerprint density at radius 1 is 1.23 bits per heavy atom. The van der Waals surface area contributed by atoms with Gasteiger partial charge in [-0.1, -0.05) is 30.5 Å². The lowest BCUT2D eigenvalue weighted by Gasteiger charge is -2.19. The van der Waals surface area contributed by atoms with Crippen molar-refractivity contribution >= 4 is 28.3 Å². The Bertz CT molecular complexity index is 1410. The van der Waals surface area contributed by atoms with Crippen molar-refractivity contribution in [2.75, 3.05) is 11.9 Å². The number of pyridine rings is 1. The third-order valence-corrected chi connectivity index (χ3v) is 6.53. The van der Waals surface area contributed by atoms with Crippen LogP contribution in [0.25, 0.3) is 33.5 Å². The van der Waals surface area contributed by atoms with Crippen LogP contribution in [0.15, 0.2) is 42.7 Å². The van der Waals surface area contributed by atoms with Crippen LogP contribution in [-0.4, -0.2) is 42.7 Å². The van der Waals surface area contributed by atoms with Crippen LogP contribution in [0.2, 0.25) is 5.02 Å². The second-order valence-electron chi connectivity index (χ2n) is 8.74. The number of nitrogens with zero attached hydrogens (tertiary/aromatic N) is 6. The predicted octanol–water partition coefficient (Wildman–Crippen LogP) is 4.08. The second kappa shape index (κ2) is 9.96. The average molecular weight is 489 g/mol. The van der Waals surface area contributed by atoms with Crippen molar-refractivity contribution in [2.24, 2.45) is 13.0 Å². The lowest BCUT2D eigenvalue weighted by atomic mass is 10.0. The Kier molecular flexibility index (Phi) is 6.59. The normalized spacial score (nSPS) is 14.8. The largest absolute Gasteiger partial charge is 0.361 e. The van der Waals surface area contributed by atoms with E-state index in [0.717, 1.165) is 18.2 Å². The number of hydrogen-bond donors (Lipinski definition) is 3. The molecule has 0 amide bonds. The van der Waals surface area contributed by atoms with Gasteiger partial charge in [-0.05, 0) is 43.0 Å². The molecule has 5 rings (SSSR count). The zero-order valence-corrected chi connectivity index (χ0v) is 20.0. The fourth-order valence-corrected chi connectivity index (χ4v) is 4.77. The maximum absolute atomic E-state index is 10.5. The van der Waals surface area contributed by atoms with Gasteiger partial charge in [-0.2, -0.15) is 10.4 Å². The summed E-state index contributed by atoms with van der Waals surface area (Å²) in [6.45, 7) is 0.693. The van der Waals surface area contributed by atoms with E-state index in [1.165, 1.54) is 12.8 Å². The number of nitriles is 1. The topological polar surface area (TPSA) is 125 Å². The molecule has 1 aromatic carbocycles. The second-order valence-corrected chi connectivity index (χ2v) is 9.15. The summed E-state index contributed by atoms with van der Waals surface area (Å²) in [7, 11) is 1.81. The van der Waals surface area contributed by atoms with E-state index in [4.69, 9.17) is 16.6 Å². The summed E-state index contributed by atoms with van der Waals surface area (Å²) in [6.07, 6.45) is 7.19. The molecule has 1 saturated carbocycles. The lowest BCUT2D eigenvalue weighted by molar-refractivity contribution is 0.158. The van der Waals surface area contributed by atoms with E-state index < -0.39 is 6.35 Å². The number of nitrogens with one attached hydrogen (secondary N) is 2. The Hall–Kier alpha value is -3.58. The van der Waals surface area contributed by atoms with Gasteiger partial charge in [-0.25, -0.2) is 9.97 Å². The molecule has 1 fully saturated rings. The highest BCUT2D eigenvalue weighted by atomic mass is 35.5. The highest BCUT2D eigenvalue weighted by Gasteiger charge is 2.22. The van der Waals surface area contributed by atoms with Gasteiger partial charge >= 0.3 is 0 Å². The number of aliphatic hydroxyl groups excluding tert-OH is 1. The molecule has 1 unspecified atom stereocenters. The maximum Gasteiger partial charge on any atom is 0.183 e. The summed E-state index contributed by atoms with van der Waals surface area (Å²) in [5.41, 5.74) is 2.94. The molecule has 9 nitrogen and oxygen atoms in total. The van der Waals surface area contributed by atoms with Crippen molar-refractivity contribution in [2.45, 2.75) is 32.0 Å². The molecule has 1 aliphatic rings. The minimum Gasteiger partial charge on any atom is -0.361 e. The third kappa shape index (κ3) is 4.95. The van der Waals surface area contributed by atoms with Crippen molar-refractivity contribution in [1.29, 1.82) is 5.26 Å². The van der Waals surface area contributed by atoms with Crippen molar-refractivity contribution < 1.29 is 5.11 Å². The number of anilines is 1. The molecule has 0 aliphatic heterocycles. The van der Waals surface area contributed by atoms with Crippen molar-refractivity contribution in [3.63, 3.8) is 0 Å². The molecule has 1 atom stereocenters. The van der Waals surface area contributed by atoms with Gasteiger partial charge < -0.3 is 10.4 Å². The number of aryl methyl sites for hydroxylation is 1. The van der Waals surface area contributed by atoms with Crippen molar-refractivity contribution in [3.8, 4) is 28.7 Å². The Morgan fingerprint density at radius 3 is 2.80 bits per heavy atom. The van der Waals surface area contributed by atoms with Crippen LogP contribution in [0.5, 0.6) is 0 Å². The van der Waals surface area contributed by atoms with Gasteiger partial charge in [0.2, 0.25) is 0 Å². The third-order valence-electron chi connectivity index (χ3n) is 6.24. The molecular weight excluding hydrogens is 464 g/mol. The lowest BCUT2D eigenvalue weighted by Crippen LogP contribution is -2.39. The summed E-state index contributed by atoms with van der Waals surface area (Å²) >= 11 is 6.53. The molecule has 35 heavy (non-hydrogen) atoms. The number of benzene rings is 1. The zero-order chi connectivity index (χ0) is 24.4. The summed E-state index contributed by atoms with van der Waals surface area (Å²) in [4.78, 5) is 13.7. The minimum absolute atomic E-state index is 0.0591. The van der Waals surface area contributed by atoms with Gasteiger partial charge in [-0.15, -0.1) is 0 Å². The van der Waals surface area contributed by atoms with Crippen LogP contribution in [0.4, 0.5) is 5.82 Å². The summed E-state index contributed by atoms with van der Waals surface area (Å²) < 4.78 is 1.67. The Labute approximate surface area is 207 Å². The first-order chi connectivity index (χ1) is 17.0. The van der Waals surface area contributed by atoms with Crippen molar-refractivity contribution in [3.05, 3.63) is 53.4 Å². The molecule has 0 bridgehead atoms. The molecule has 3 heterocycles. The van der Waals surface area contributed by atoms with Crippen LogP contribution < -0.4 is 10.6 Å². The van der Waals surface area contributed by atoms with E-state index in [-0.39, 0.29) is 11.5 Å². The smallest absolute Gasteiger partial charge is 0.183 e. The number of aliphatic hydroxyl groups is 1. The highest BCUT2D eigenvalue weighted by molar-refractivity contribution is 6.35. The summed E-state index contributed by atoms with van der Waals surface area (Å²) in [5, 5.41) is 32.2. The monoisotopic (exact) mass is 488 g/mol. The van der Waals surface area contributed by atoms with Gasteiger partial charge in [0.1, 0.15) is 23.2 Å². The van der Waals surface area contributed by atoms with E-state index in [2.05, 4.69) is 31.8 Å². The molecule has 10 heteroatoms.